The topological polar surface area (TPSA) is 111 Å². The van der Waals surface area contributed by atoms with E-state index in [0.717, 1.165) is 12.3 Å². The molecule has 108 valence electrons. The lowest BCUT2D eigenvalue weighted by Crippen LogP contribution is -2.48. The molecule has 0 aromatic carbocycles. The van der Waals surface area contributed by atoms with E-state index in [1.165, 1.54) is 0 Å². The van der Waals surface area contributed by atoms with E-state index in [4.69, 9.17) is 5.73 Å². The van der Waals surface area contributed by atoms with Crippen molar-refractivity contribution < 1.29 is 22.9 Å². The van der Waals surface area contributed by atoms with Gasteiger partial charge in [-0.15, -0.1) is 0 Å². The zero-order valence-corrected chi connectivity index (χ0v) is 9.90. The molecule has 1 aromatic heterocycles. The Balaban J connectivity index is 2.26. The van der Waals surface area contributed by atoms with E-state index >= 15 is 0 Å². The van der Waals surface area contributed by atoms with Crippen molar-refractivity contribution in [2.45, 2.75) is 24.6 Å². The van der Waals surface area contributed by atoms with E-state index in [1.54, 1.807) is 0 Å². The molecule has 0 saturated heterocycles. The number of hydrogen-bond donors (Lipinski definition) is 2. The quantitative estimate of drug-likeness (QED) is 0.645. The van der Waals surface area contributed by atoms with Crippen molar-refractivity contribution in [1.29, 1.82) is 0 Å². The van der Waals surface area contributed by atoms with Gasteiger partial charge in [0.1, 0.15) is 17.6 Å². The van der Waals surface area contributed by atoms with Crippen molar-refractivity contribution in [3.8, 4) is 0 Å². The Kier molecular flexibility index (Phi) is 3.03. The molecule has 0 atom stereocenters. The molecule has 0 bridgehead atoms. The van der Waals surface area contributed by atoms with Gasteiger partial charge in [0, 0.05) is 6.07 Å². The van der Waals surface area contributed by atoms with Crippen molar-refractivity contribution in [3.63, 3.8) is 0 Å². The molecule has 3 N–H and O–H groups in total. The van der Waals surface area contributed by atoms with E-state index in [1.807, 2.05) is 5.32 Å². The number of nitrogen functional groups attached to an aromatic ring is 1. The maximum Gasteiger partial charge on any atom is 0.411 e. The molecule has 1 saturated carbocycles. The smallest absolute Gasteiger partial charge is 0.383 e. The fourth-order valence-electron chi connectivity index (χ4n) is 1.64. The van der Waals surface area contributed by atoms with Gasteiger partial charge < -0.3 is 11.1 Å². The molecular weight excluding hydrogens is 281 g/mol. The van der Waals surface area contributed by atoms with Gasteiger partial charge in [-0.25, -0.2) is 4.98 Å². The second-order valence-corrected chi connectivity index (χ2v) is 4.42. The molecule has 7 nitrogen and oxygen atoms in total. The summed E-state index contributed by atoms with van der Waals surface area (Å²) >= 11 is 0. The highest BCUT2D eigenvalue weighted by atomic mass is 19.4. The summed E-state index contributed by atoms with van der Waals surface area (Å²) in [6.45, 7) is 0. The molecule has 1 fully saturated rings. The van der Waals surface area contributed by atoms with Crippen molar-refractivity contribution in [1.82, 2.24) is 10.3 Å². The fourth-order valence-corrected chi connectivity index (χ4v) is 1.64. The molecular formula is C10H9F3N4O3. The summed E-state index contributed by atoms with van der Waals surface area (Å²) < 4.78 is 38.1. The number of alkyl halides is 3. The Hall–Kier alpha value is -2.39. The van der Waals surface area contributed by atoms with Crippen LogP contribution in [0.2, 0.25) is 0 Å². The van der Waals surface area contributed by atoms with Crippen LogP contribution < -0.4 is 11.1 Å². The Morgan fingerprint density at radius 3 is 2.55 bits per heavy atom. The first-order chi connectivity index (χ1) is 9.16. The van der Waals surface area contributed by atoms with Gasteiger partial charge in [0.15, 0.2) is 0 Å². The third-order valence-electron chi connectivity index (χ3n) is 3.00. The third-order valence-corrected chi connectivity index (χ3v) is 3.00. The number of aromatic nitrogens is 1. The summed E-state index contributed by atoms with van der Waals surface area (Å²) in [5, 5.41) is 12.4. The second-order valence-electron chi connectivity index (χ2n) is 4.42. The minimum atomic E-state index is -4.58. The van der Waals surface area contributed by atoms with E-state index in [-0.39, 0.29) is 18.7 Å². The number of carbonyl (C=O) groups is 1. The number of anilines is 1. The van der Waals surface area contributed by atoms with Gasteiger partial charge in [-0.3, -0.25) is 14.9 Å². The molecule has 2 rings (SSSR count). The van der Waals surface area contributed by atoms with Crippen LogP contribution in [-0.2, 0) is 0 Å². The van der Waals surface area contributed by atoms with Crippen molar-refractivity contribution in [2.24, 2.45) is 0 Å². The van der Waals surface area contributed by atoms with E-state index < -0.39 is 33.8 Å². The van der Waals surface area contributed by atoms with Crippen molar-refractivity contribution >= 4 is 17.4 Å². The van der Waals surface area contributed by atoms with Gasteiger partial charge >= 0.3 is 6.18 Å². The van der Waals surface area contributed by atoms with Crippen LogP contribution in [0, 0.1) is 10.1 Å². The Morgan fingerprint density at radius 1 is 1.50 bits per heavy atom. The summed E-state index contributed by atoms with van der Waals surface area (Å²) in [5.41, 5.74) is 2.12. The monoisotopic (exact) mass is 290 g/mol. The minimum Gasteiger partial charge on any atom is -0.383 e. The summed E-state index contributed by atoms with van der Waals surface area (Å²) in [6.07, 6.45) is -4.22. The minimum absolute atomic E-state index is 0.232. The number of amides is 1. The molecule has 0 aliphatic heterocycles. The normalized spacial score (nSPS) is 16.6. The van der Waals surface area contributed by atoms with Crippen LogP contribution in [-0.4, -0.2) is 27.5 Å². The second kappa shape index (κ2) is 4.32. The highest BCUT2D eigenvalue weighted by Gasteiger charge is 2.64. The van der Waals surface area contributed by atoms with Crippen molar-refractivity contribution in [2.75, 3.05) is 5.73 Å². The summed E-state index contributed by atoms with van der Waals surface area (Å²) in [6, 6.07) is 0.796. The van der Waals surface area contributed by atoms with Crippen LogP contribution >= 0.6 is 0 Å². The maximum absolute atomic E-state index is 12.7. The molecule has 10 heteroatoms. The van der Waals surface area contributed by atoms with Crippen LogP contribution in [0.4, 0.5) is 24.7 Å². The van der Waals surface area contributed by atoms with E-state index in [0.29, 0.717) is 0 Å². The molecule has 1 aliphatic carbocycles. The average Bonchev–Trinajstić information content (AvgIpc) is 3.09. The van der Waals surface area contributed by atoms with Gasteiger partial charge in [-0.2, -0.15) is 13.2 Å². The summed E-state index contributed by atoms with van der Waals surface area (Å²) in [7, 11) is 0. The Morgan fingerprint density at radius 2 is 2.10 bits per heavy atom. The maximum atomic E-state index is 12.7. The Labute approximate surface area is 110 Å². The highest BCUT2D eigenvalue weighted by molar-refractivity contribution is 5.99. The molecule has 0 radical (unpaired) electrons. The largest absolute Gasteiger partial charge is 0.411 e. The Bertz CT molecular complexity index is 584. The van der Waals surface area contributed by atoms with Crippen LogP contribution in [0.25, 0.3) is 0 Å². The lowest BCUT2D eigenvalue weighted by Gasteiger charge is -2.20. The molecule has 20 heavy (non-hydrogen) atoms. The predicted molar refractivity (Wildman–Crippen MR) is 60.8 cm³/mol. The number of nitrogens with one attached hydrogen (secondary N) is 1. The van der Waals surface area contributed by atoms with Gasteiger partial charge in [0.25, 0.3) is 11.6 Å². The molecule has 1 heterocycles. The number of hydrogen-bond acceptors (Lipinski definition) is 5. The van der Waals surface area contributed by atoms with Crippen molar-refractivity contribution in [3.05, 3.63) is 27.9 Å². The van der Waals surface area contributed by atoms with Gasteiger partial charge in [0.2, 0.25) is 0 Å². The lowest BCUT2D eigenvalue weighted by atomic mass is 10.2. The third kappa shape index (κ3) is 2.36. The number of nitrogens with zero attached hydrogens (tertiary/aromatic N) is 2. The molecule has 1 amide bonds. The molecule has 1 aliphatic rings. The number of rotatable bonds is 3. The number of pyridine rings is 1. The number of halogens is 3. The van der Waals surface area contributed by atoms with Crippen LogP contribution in [0.5, 0.6) is 0 Å². The zero-order chi connectivity index (χ0) is 15.1. The van der Waals surface area contributed by atoms with E-state index in [9.17, 15) is 28.1 Å². The number of nitrogens with two attached hydrogens (primary N) is 1. The standard InChI is InChI=1S/C10H9F3N4O3/c11-10(12,13)9(1-2-9)16-8(18)6-3-5(17(19)20)4-15-7(6)14/h3-4H,1-2H2,(H2,14,15)(H,16,18). The first-order valence-electron chi connectivity index (χ1n) is 5.45. The summed E-state index contributed by atoms with van der Waals surface area (Å²) in [5.74, 6) is -1.50. The first-order valence-corrected chi connectivity index (χ1v) is 5.45. The number of carbonyl (C=O) groups excluding carboxylic acids is 1. The van der Waals surface area contributed by atoms with Crippen LogP contribution in [0.1, 0.15) is 23.2 Å². The summed E-state index contributed by atoms with van der Waals surface area (Å²) in [4.78, 5) is 25.0. The van der Waals surface area contributed by atoms with Gasteiger partial charge in [-0.05, 0) is 12.8 Å². The van der Waals surface area contributed by atoms with Gasteiger partial charge in [-0.1, -0.05) is 0 Å². The zero-order valence-electron chi connectivity index (χ0n) is 9.90. The number of nitro groups is 1. The molecule has 0 spiro atoms. The first kappa shape index (κ1) is 14.0. The SMILES string of the molecule is Nc1ncc([N+](=O)[O-])cc1C(=O)NC1(C(F)(F)F)CC1. The van der Waals surface area contributed by atoms with Crippen LogP contribution in [0.3, 0.4) is 0 Å². The predicted octanol–water partition coefficient (Wildman–Crippen LogP) is 1.40. The molecule has 1 aromatic rings. The fraction of sp³-hybridized carbons (Fsp3) is 0.400. The van der Waals surface area contributed by atoms with Gasteiger partial charge in [0.05, 0.1) is 10.5 Å². The highest BCUT2D eigenvalue weighted by Crippen LogP contribution is 2.49. The lowest BCUT2D eigenvalue weighted by molar-refractivity contribution is -0.385. The van der Waals surface area contributed by atoms with E-state index in [2.05, 4.69) is 4.98 Å². The van der Waals surface area contributed by atoms with Crippen LogP contribution in [0.15, 0.2) is 12.3 Å². The average molecular weight is 290 g/mol. The molecule has 0 unspecified atom stereocenters.